The summed E-state index contributed by atoms with van der Waals surface area (Å²) in [7, 11) is 0. The van der Waals surface area contributed by atoms with Crippen LogP contribution in [0.25, 0.3) is 0 Å². The van der Waals surface area contributed by atoms with Crippen LogP contribution in [-0.4, -0.2) is 37.5 Å². The molecule has 1 fully saturated rings. The number of hydrogen-bond acceptors (Lipinski definition) is 4. The first-order valence-corrected chi connectivity index (χ1v) is 9.28. The topological polar surface area (TPSA) is 90.5 Å². The molecule has 0 spiro atoms. The van der Waals surface area contributed by atoms with Crippen molar-refractivity contribution in [2.24, 2.45) is 0 Å². The Morgan fingerprint density at radius 2 is 2.00 bits per heavy atom. The second kappa shape index (κ2) is 8.48. The Morgan fingerprint density at radius 3 is 2.65 bits per heavy atom. The summed E-state index contributed by atoms with van der Waals surface area (Å²) in [4.78, 5) is 37.7. The number of amides is 4. The lowest BCUT2D eigenvalue weighted by atomic mass is 10.2. The number of thiophene rings is 1. The van der Waals surface area contributed by atoms with Crippen LogP contribution < -0.4 is 20.9 Å². The quantitative estimate of drug-likeness (QED) is 0.652. The number of carbonyl (C=O) groups excluding carboxylic acids is 3. The predicted molar refractivity (Wildman–Crippen MR) is 102 cm³/mol. The molecule has 3 rings (SSSR count). The van der Waals surface area contributed by atoms with Crippen LogP contribution in [0.3, 0.4) is 0 Å². The van der Waals surface area contributed by atoms with Gasteiger partial charge in [-0.05, 0) is 42.1 Å². The first kappa shape index (κ1) is 17.9. The molecule has 0 bridgehead atoms. The summed E-state index contributed by atoms with van der Waals surface area (Å²) in [6.07, 6.45) is 0.885. The summed E-state index contributed by atoms with van der Waals surface area (Å²) in [6.45, 7) is 1.73. The number of hydrogen-bond donors (Lipinski definition) is 3. The molecule has 1 aromatic carbocycles. The third kappa shape index (κ3) is 4.60. The summed E-state index contributed by atoms with van der Waals surface area (Å²) in [5.74, 6) is -0.219. The van der Waals surface area contributed by atoms with Crippen LogP contribution in [0, 0.1) is 0 Å². The molecule has 4 amide bonds. The highest BCUT2D eigenvalue weighted by Crippen LogP contribution is 2.19. The van der Waals surface area contributed by atoms with Gasteiger partial charge in [-0.1, -0.05) is 6.07 Å². The highest BCUT2D eigenvalue weighted by molar-refractivity contribution is 7.12. The van der Waals surface area contributed by atoms with E-state index in [0.717, 1.165) is 5.69 Å². The molecular formula is C18H20N4O3S. The van der Waals surface area contributed by atoms with Crippen molar-refractivity contribution in [1.82, 2.24) is 10.6 Å². The van der Waals surface area contributed by atoms with Gasteiger partial charge in [0.2, 0.25) is 5.91 Å². The van der Waals surface area contributed by atoms with Crippen molar-refractivity contribution in [2.75, 3.05) is 29.9 Å². The smallest absolute Gasteiger partial charge is 0.321 e. The van der Waals surface area contributed by atoms with Gasteiger partial charge < -0.3 is 16.0 Å². The Morgan fingerprint density at radius 1 is 1.19 bits per heavy atom. The molecule has 1 aliphatic rings. The lowest BCUT2D eigenvalue weighted by Gasteiger charge is -2.14. The molecule has 0 saturated carbocycles. The van der Waals surface area contributed by atoms with E-state index in [1.165, 1.54) is 11.3 Å². The molecule has 2 aromatic rings. The zero-order valence-corrected chi connectivity index (χ0v) is 15.0. The minimum atomic E-state index is -0.109. The molecule has 0 atom stereocenters. The van der Waals surface area contributed by atoms with Gasteiger partial charge >= 0.3 is 6.03 Å². The summed E-state index contributed by atoms with van der Waals surface area (Å²) in [5, 5.41) is 10.2. The third-order valence-electron chi connectivity index (χ3n) is 3.93. The second-order valence-electron chi connectivity index (χ2n) is 5.82. The maximum Gasteiger partial charge on any atom is 0.321 e. The fourth-order valence-corrected chi connectivity index (χ4v) is 3.25. The molecule has 1 saturated heterocycles. The molecule has 8 heteroatoms. The summed E-state index contributed by atoms with van der Waals surface area (Å²) in [6, 6.07) is 10.7. The molecule has 1 aromatic heterocycles. The highest BCUT2D eigenvalue weighted by atomic mass is 32.1. The highest BCUT2D eigenvalue weighted by Gasteiger charge is 2.20. The zero-order chi connectivity index (χ0) is 18.4. The van der Waals surface area contributed by atoms with Gasteiger partial charge in [0.1, 0.15) is 0 Å². The molecule has 1 aliphatic heterocycles. The van der Waals surface area contributed by atoms with Crippen molar-refractivity contribution in [2.45, 2.75) is 12.8 Å². The maximum absolute atomic E-state index is 12.0. The van der Waals surface area contributed by atoms with Gasteiger partial charge in [0.05, 0.1) is 4.88 Å². The van der Waals surface area contributed by atoms with Crippen LogP contribution in [0.4, 0.5) is 16.2 Å². The van der Waals surface area contributed by atoms with E-state index < -0.39 is 0 Å². The van der Waals surface area contributed by atoms with E-state index in [4.69, 9.17) is 0 Å². The van der Waals surface area contributed by atoms with Crippen LogP contribution in [0.2, 0.25) is 0 Å². The molecule has 2 heterocycles. The standard InChI is InChI=1S/C18H20N4O3S/c23-16(4-1-9-19-17(24)15-3-2-12-26-15)21-13-5-7-14(8-6-13)22-11-10-20-18(22)25/h2-3,5-8,12H,1,4,9-11H2,(H,19,24)(H,20,25)(H,21,23). The Bertz CT molecular complexity index is 774. The number of anilines is 2. The third-order valence-corrected chi connectivity index (χ3v) is 4.80. The van der Waals surface area contributed by atoms with Crippen molar-refractivity contribution in [1.29, 1.82) is 0 Å². The van der Waals surface area contributed by atoms with Crippen molar-refractivity contribution in [3.63, 3.8) is 0 Å². The number of urea groups is 1. The zero-order valence-electron chi connectivity index (χ0n) is 14.2. The largest absolute Gasteiger partial charge is 0.351 e. The van der Waals surface area contributed by atoms with Crippen LogP contribution in [0.15, 0.2) is 41.8 Å². The SMILES string of the molecule is O=C(CCCNC(=O)c1cccs1)Nc1ccc(N2CCNC2=O)cc1. The number of benzene rings is 1. The normalized spacial score (nSPS) is 13.4. The monoisotopic (exact) mass is 372 g/mol. The minimum absolute atomic E-state index is 0.105. The van der Waals surface area contributed by atoms with Gasteiger partial charge in [-0.3, -0.25) is 14.5 Å². The van der Waals surface area contributed by atoms with Crippen LogP contribution in [0.1, 0.15) is 22.5 Å². The van der Waals surface area contributed by atoms with Crippen LogP contribution in [0.5, 0.6) is 0 Å². The van der Waals surface area contributed by atoms with E-state index in [1.807, 2.05) is 23.6 Å². The maximum atomic E-state index is 12.0. The van der Waals surface area contributed by atoms with E-state index in [1.54, 1.807) is 23.1 Å². The van der Waals surface area contributed by atoms with Crippen LogP contribution >= 0.6 is 11.3 Å². The molecule has 0 unspecified atom stereocenters. The Balaban J connectivity index is 1.39. The van der Waals surface area contributed by atoms with E-state index in [-0.39, 0.29) is 17.8 Å². The molecule has 0 aliphatic carbocycles. The molecule has 136 valence electrons. The second-order valence-corrected chi connectivity index (χ2v) is 6.76. The Labute approximate surface area is 155 Å². The minimum Gasteiger partial charge on any atom is -0.351 e. The molecule has 7 nitrogen and oxygen atoms in total. The van der Waals surface area contributed by atoms with Gasteiger partial charge in [-0.25, -0.2) is 4.79 Å². The van der Waals surface area contributed by atoms with Gasteiger partial charge in [-0.2, -0.15) is 0 Å². The predicted octanol–water partition coefficient (Wildman–Crippen LogP) is 2.43. The molecule has 3 N–H and O–H groups in total. The lowest BCUT2D eigenvalue weighted by molar-refractivity contribution is -0.116. The van der Waals surface area contributed by atoms with Gasteiger partial charge in [0, 0.05) is 37.4 Å². The first-order valence-electron chi connectivity index (χ1n) is 8.40. The van der Waals surface area contributed by atoms with Crippen molar-refractivity contribution >= 4 is 40.6 Å². The fourth-order valence-electron chi connectivity index (χ4n) is 2.61. The molecular weight excluding hydrogens is 352 g/mol. The first-order chi connectivity index (χ1) is 12.6. The van der Waals surface area contributed by atoms with Gasteiger partial charge in [-0.15, -0.1) is 11.3 Å². The number of rotatable bonds is 7. The fraction of sp³-hybridized carbons (Fsp3) is 0.278. The Kier molecular flexibility index (Phi) is 5.85. The molecule has 0 radical (unpaired) electrons. The molecule has 26 heavy (non-hydrogen) atoms. The number of nitrogens with zero attached hydrogens (tertiary/aromatic N) is 1. The lowest BCUT2D eigenvalue weighted by Crippen LogP contribution is -2.27. The number of nitrogens with one attached hydrogen (secondary N) is 3. The summed E-state index contributed by atoms with van der Waals surface area (Å²) >= 11 is 1.39. The number of carbonyl (C=O) groups is 3. The van der Waals surface area contributed by atoms with E-state index >= 15 is 0 Å². The van der Waals surface area contributed by atoms with E-state index in [2.05, 4.69) is 16.0 Å². The summed E-state index contributed by atoms with van der Waals surface area (Å²) in [5.41, 5.74) is 1.48. The van der Waals surface area contributed by atoms with Crippen molar-refractivity contribution in [3.8, 4) is 0 Å². The van der Waals surface area contributed by atoms with Gasteiger partial charge in [0.15, 0.2) is 0 Å². The Hall–Kier alpha value is -2.87. The van der Waals surface area contributed by atoms with Gasteiger partial charge in [0.25, 0.3) is 5.91 Å². The van der Waals surface area contributed by atoms with Crippen molar-refractivity contribution < 1.29 is 14.4 Å². The van der Waals surface area contributed by atoms with E-state index in [0.29, 0.717) is 43.0 Å². The average molecular weight is 372 g/mol. The summed E-state index contributed by atoms with van der Waals surface area (Å²) < 4.78 is 0. The van der Waals surface area contributed by atoms with E-state index in [9.17, 15) is 14.4 Å². The average Bonchev–Trinajstić information content (AvgIpc) is 3.31. The van der Waals surface area contributed by atoms with Crippen LogP contribution in [-0.2, 0) is 4.79 Å². The van der Waals surface area contributed by atoms with Crippen molar-refractivity contribution in [3.05, 3.63) is 46.7 Å².